The number of hydrogen-bond acceptors (Lipinski definition) is 3. The Balaban J connectivity index is 1.72. The van der Waals surface area contributed by atoms with E-state index in [2.05, 4.69) is 26.6 Å². The van der Waals surface area contributed by atoms with Crippen LogP contribution in [0.3, 0.4) is 0 Å². The van der Waals surface area contributed by atoms with Gasteiger partial charge in [0.1, 0.15) is 12.1 Å². The van der Waals surface area contributed by atoms with Gasteiger partial charge in [0.15, 0.2) is 0 Å². The van der Waals surface area contributed by atoms with Crippen LogP contribution in [-0.4, -0.2) is 29.3 Å². The molecule has 2 unspecified atom stereocenters. The molecule has 2 aromatic rings. The molecule has 2 aromatic carbocycles. The summed E-state index contributed by atoms with van der Waals surface area (Å²) in [6.07, 6.45) is 0.699. The molecule has 1 aliphatic rings. The molecule has 0 aliphatic carbocycles. The third-order valence-corrected chi connectivity index (χ3v) is 5.70. The van der Waals surface area contributed by atoms with E-state index in [1.54, 1.807) is 25.1 Å². The molecule has 0 saturated carbocycles. The second kappa shape index (κ2) is 8.37. The Morgan fingerprint density at radius 1 is 1.21 bits per heavy atom. The molecule has 4 amide bonds. The smallest absolute Gasteiger partial charge is 0.325 e. The van der Waals surface area contributed by atoms with E-state index in [1.807, 2.05) is 44.2 Å². The number of carbonyl (C=O) groups is 3. The van der Waals surface area contributed by atoms with Gasteiger partial charge >= 0.3 is 6.03 Å². The molecule has 1 saturated heterocycles. The van der Waals surface area contributed by atoms with Crippen LogP contribution in [-0.2, 0) is 15.1 Å². The van der Waals surface area contributed by atoms with E-state index in [4.69, 9.17) is 0 Å². The van der Waals surface area contributed by atoms with Crippen molar-refractivity contribution in [3.05, 3.63) is 69.7 Å². The monoisotopic (exact) mass is 457 g/mol. The number of amides is 4. The van der Waals surface area contributed by atoms with E-state index in [0.717, 1.165) is 20.5 Å². The van der Waals surface area contributed by atoms with Crippen molar-refractivity contribution in [1.82, 2.24) is 15.5 Å². The number of halogens is 1. The van der Waals surface area contributed by atoms with Crippen LogP contribution >= 0.6 is 15.9 Å². The Bertz CT molecular complexity index is 945. The van der Waals surface area contributed by atoms with Gasteiger partial charge in [0.25, 0.3) is 5.91 Å². The van der Waals surface area contributed by atoms with Crippen molar-refractivity contribution >= 4 is 33.8 Å². The van der Waals surface area contributed by atoms with Gasteiger partial charge in [-0.25, -0.2) is 4.79 Å². The lowest BCUT2D eigenvalue weighted by atomic mass is 9.92. The molecule has 0 radical (unpaired) electrons. The molecular formula is C22H24BrN3O3. The highest BCUT2D eigenvalue weighted by molar-refractivity contribution is 9.10. The summed E-state index contributed by atoms with van der Waals surface area (Å²) < 4.78 is 0.804. The van der Waals surface area contributed by atoms with Crippen LogP contribution in [0.2, 0.25) is 0 Å². The number of hydrogen-bond donors (Lipinski definition) is 2. The fourth-order valence-corrected chi connectivity index (χ4v) is 3.84. The number of benzene rings is 2. The summed E-state index contributed by atoms with van der Waals surface area (Å²) in [7, 11) is 0. The van der Waals surface area contributed by atoms with Crippen molar-refractivity contribution in [3.8, 4) is 0 Å². The predicted octanol–water partition coefficient (Wildman–Crippen LogP) is 3.79. The van der Waals surface area contributed by atoms with Gasteiger partial charge in [-0.1, -0.05) is 64.8 Å². The van der Waals surface area contributed by atoms with Crippen molar-refractivity contribution in [2.24, 2.45) is 0 Å². The predicted molar refractivity (Wildman–Crippen MR) is 114 cm³/mol. The maximum Gasteiger partial charge on any atom is 0.325 e. The maximum atomic E-state index is 13.0. The van der Waals surface area contributed by atoms with Gasteiger partial charge in [-0.05, 0) is 43.5 Å². The average molecular weight is 458 g/mol. The van der Waals surface area contributed by atoms with Crippen LogP contribution in [0.1, 0.15) is 43.0 Å². The standard InChI is InChI=1S/C22H24BrN3O3/c1-4-18(15-10-8-14(2)9-11-15)24-19(27)13-26-20(28)22(3,25-21(26)29)16-6-5-7-17(23)12-16/h5-12,18H,4,13H2,1-3H3,(H,24,27)(H,25,29). The molecule has 6 nitrogen and oxygen atoms in total. The third-order valence-electron chi connectivity index (χ3n) is 5.20. The fourth-order valence-electron chi connectivity index (χ4n) is 3.44. The van der Waals surface area contributed by atoms with Crippen molar-refractivity contribution in [2.45, 2.75) is 38.8 Å². The van der Waals surface area contributed by atoms with Crippen molar-refractivity contribution < 1.29 is 14.4 Å². The first-order chi connectivity index (χ1) is 13.7. The molecular weight excluding hydrogens is 434 g/mol. The lowest BCUT2D eigenvalue weighted by Gasteiger charge is -2.23. The Kier molecular flexibility index (Phi) is 6.07. The molecule has 2 atom stereocenters. The Morgan fingerprint density at radius 2 is 1.90 bits per heavy atom. The third kappa shape index (κ3) is 4.34. The van der Waals surface area contributed by atoms with Gasteiger partial charge in [0, 0.05) is 4.47 Å². The fraction of sp³-hybridized carbons (Fsp3) is 0.318. The van der Waals surface area contributed by atoms with Crippen LogP contribution in [0.25, 0.3) is 0 Å². The number of imide groups is 1. The van der Waals surface area contributed by atoms with Crippen LogP contribution in [0.15, 0.2) is 53.0 Å². The Hall–Kier alpha value is -2.67. The Morgan fingerprint density at radius 3 is 2.52 bits per heavy atom. The number of urea groups is 1. The highest BCUT2D eigenvalue weighted by Gasteiger charge is 2.49. The number of nitrogens with one attached hydrogen (secondary N) is 2. The van der Waals surface area contributed by atoms with Gasteiger partial charge in [-0.15, -0.1) is 0 Å². The van der Waals surface area contributed by atoms with Crippen LogP contribution < -0.4 is 10.6 Å². The van der Waals surface area contributed by atoms with Crippen molar-refractivity contribution in [1.29, 1.82) is 0 Å². The molecule has 2 N–H and O–H groups in total. The lowest BCUT2D eigenvalue weighted by Crippen LogP contribution is -2.43. The van der Waals surface area contributed by atoms with Crippen molar-refractivity contribution in [2.75, 3.05) is 6.54 Å². The number of aryl methyl sites for hydroxylation is 1. The van der Waals surface area contributed by atoms with E-state index in [1.165, 1.54) is 0 Å². The molecule has 0 aromatic heterocycles. The quantitative estimate of drug-likeness (QED) is 0.647. The first-order valence-corrected chi connectivity index (χ1v) is 10.3. The van der Waals surface area contributed by atoms with E-state index in [-0.39, 0.29) is 18.5 Å². The second-order valence-electron chi connectivity index (χ2n) is 7.40. The number of carbonyl (C=O) groups excluding carboxylic acids is 3. The maximum absolute atomic E-state index is 13.0. The zero-order valence-electron chi connectivity index (χ0n) is 16.7. The lowest BCUT2D eigenvalue weighted by molar-refractivity contribution is -0.135. The van der Waals surface area contributed by atoms with Gasteiger partial charge in [-0.2, -0.15) is 0 Å². The van der Waals surface area contributed by atoms with Crippen molar-refractivity contribution in [3.63, 3.8) is 0 Å². The first kappa shape index (κ1) is 21.0. The topological polar surface area (TPSA) is 78.5 Å². The number of rotatable bonds is 6. The molecule has 3 rings (SSSR count). The van der Waals surface area contributed by atoms with Crippen LogP contribution in [0.4, 0.5) is 4.79 Å². The van der Waals surface area contributed by atoms with Gasteiger partial charge in [0.2, 0.25) is 5.91 Å². The molecule has 1 aliphatic heterocycles. The largest absolute Gasteiger partial charge is 0.348 e. The zero-order chi connectivity index (χ0) is 21.2. The normalized spacial score (nSPS) is 19.8. The molecule has 0 bridgehead atoms. The SMILES string of the molecule is CCC(NC(=O)CN1C(=O)NC(C)(c2cccc(Br)c2)C1=O)c1ccc(C)cc1. The minimum atomic E-state index is -1.21. The summed E-state index contributed by atoms with van der Waals surface area (Å²) >= 11 is 3.38. The summed E-state index contributed by atoms with van der Waals surface area (Å²) in [6.45, 7) is 5.30. The summed E-state index contributed by atoms with van der Waals surface area (Å²) in [5, 5.41) is 5.65. The van der Waals surface area contributed by atoms with Gasteiger partial charge in [0.05, 0.1) is 6.04 Å². The number of nitrogens with zero attached hydrogens (tertiary/aromatic N) is 1. The van der Waals surface area contributed by atoms with E-state index < -0.39 is 17.5 Å². The average Bonchev–Trinajstić information content (AvgIpc) is 2.91. The second-order valence-corrected chi connectivity index (χ2v) is 8.31. The van der Waals surface area contributed by atoms with E-state index in [9.17, 15) is 14.4 Å². The highest BCUT2D eigenvalue weighted by atomic mass is 79.9. The van der Waals surface area contributed by atoms with E-state index in [0.29, 0.717) is 12.0 Å². The summed E-state index contributed by atoms with van der Waals surface area (Å²) in [5.74, 6) is -0.821. The minimum absolute atomic E-state index is 0.180. The first-order valence-electron chi connectivity index (χ1n) is 9.50. The van der Waals surface area contributed by atoms with Gasteiger partial charge in [-0.3, -0.25) is 14.5 Å². The summed E-state index contributed by atoms with van der Waals surface area (Å²) in [4.78, 5) is 39.0. The van der Waals surface area contributed by atoms with Gasteiger partial charge < -0.3 is 10.6 Å². The van der Waals surface area contributed by atoms with Crippen LogP contribution in [0, 0.1) is 6.92 Å². The molecule has 0 spiro atoms. The molecule has 152 valence electrons. The summed E-state index contributed by atoms with van der Waals surface area (Å²) in [6, 6.07) is 14.4. The zero-order valence-corrected chi connectivity index (χ0v) is 18.2. The molecule has 7 heteroatoms. The summed E-state index contributed by atoms with van der Waals surface area (Å²) in [5.41, 5.74) is 1.57. The minimum Gasteiger partial charge on any atom is -0.348 e. The molecule has 29 heavy (non-hydrogen) atoms. The molecule has 1 fully saturated rings. The Labute approximate surface area is 178 Å². The molecule has 1 heterocycles. The van der Waals surface area contributed by atoms with Crippen LogP contribution in [0.5, 0.6) is 0 Å². The van der Waals surface area contributed by atoms with E-state index >= 15 is 0 Å². The highest BCUT2D eigenvalue weighted by Crippen LogP contribution is 2.30.